The Labute approximate surface area is 212 Å². The quantitative estimate of drug-likeness (QED) is 0.529. The van der Waals surface area contributed by atoms with Crippen LogP contribution in [0.1, 0.15) is 28.7 Å². The van der Waals surface area contributed by atoms with E-state index < -0.39 is 0 Å². The van der Waals surface area contributed by atoms with E-state index in [1.165, 1.54) is 22.3 Å². The first-order valence-corrected chi connectivity index (χ1v) is 10.2. The molecule has 3 N–H and O–H groups in total. The van der Waals surface area contributed by atoms with Gasteiger partial charge in [-0.05, 0) is 33.9 Å². The molecule has 2 aromatic carbocycles. The number of nitrogen functional groups attached to an aromatic ring is 1. The monoisotopic (exact) mass is 508 g/mol. The number of nitrogens with one attached hydrogen (secondary N) is 1. The minimum absolute atomic E-state index is 0. The van der Waals surface area contributed by atoms with Crippen LogP contribution in [0.3, 0.4) is 0 Å². The van der Waals surface area contributed by atoms with E-state index in [0.29, 0.717) is 25.4 Å². The number of fused-ring (bicyclic) bond motifs is 3. The number of nitrogens with zero attached hydrogens (tertiary/aromatic N) is 2. The molecule has 9 heteroatoms. The fraction of sp³-hybridized carbons (Fsp3) is 0.250. The number of hydrogen-bond donors (Lipinski definition) is 2. The van der Waals surface area contributed by atoms with Crippen LogP contribution in [-0.4, -0.2) is 42.2 Å². The van der Waals surface area contributed by atoms with Gasteiger partial charge in [0.25, 0.3) is 0 Å². The second-order valence-corrected chi connectivity index (χ2v) is 7.77. The molecule has 1 aliphatic carbocycles. The van der Waals surface area contributed by atoms with Crippen molar-refractivity contribution in [2.75, 3.05) is 32.0 Å². The first-order chi connectivity index (χ1) is 14.7. The molecular formula is C24H27Cl3N4O2. The molecule has 1 unspecified atom stereocenters. The van der Waals surface area contributed by atoms with Crippen molar-refractivity contribution in [1.82, 2.24) is 15.2 Å². The van der Waals surface area contributed by atoms with Crippen LogP contribution in [0, 0.1) is 0 Å². The van der Waals surface area contributed by atoms with E-state index >= 15 is 0 Å². The smallest absolute Gasteiger partial charge is 0.410 e. The van der Waals surface area contributed by atoms with Gasteiger partial charge in [-0.3, -0.25) is 9.88 Å². The van der Waals surface area contributed by atoms with Gasteiger partial charge >= 0.3 is 6.09 Å². The van der Waals surface area contributed by atoms with Gasteiger partial charge in [-0.2, -0.15) is 0 Å². The topological polar surface area (TPSA) is 80.5 Å². The Kier molecular flexibility index (Phi) is 9.37. The fourth-order valence-corrected chi connectivity index (χ4v) is 4.56. The highest BCUT2D eigenvalue weighted by Crippen LogP contribution is 2.44. The molecule has 0 radical (unpaired) electrons. The summed E-state index contributed by atoms with van der Waals surface area (Å²) >= 11 is 0. The van der Waals surface area contributed by atoms with Crippen molar-refractivity contribution in [3.63, 3.8) is 0 Å². The average molecular weight is 510 g/mol. The van der Waals surface area contributed by atoms with Gasteiger partial charge in [0.15, 0.2) is 0 Å². The van der Waals surface area contributed by atoms with Crippen LogP contribution < -0.4 is 11.1 Å². The number of pyridine rings is 1. The van der Waals surface area contributed by atoms with Crippen LogP contribution in [0.4, 0.5) is 10.5 Å². The average Bonchev–Trinajstić information content (AvgIpc) is 3.11. The molecule has 1 aromatic heterocycles. The molecule has 33 heavy (non-hydrogen) atoms. The third kappa shape index (κ3) is 5.20. The SMILES string of the molecule is Cl.Cl.Cl.Nc1cncc(C2CNCCN2C(=O)OCC2c3ccccc3-c3ccccc32)c1. The number of rotatable bonds is 3. The van der Waals surface area contributed by atoms with Crippen LogP contribution in [0.5, 0.6) is 0 Å². The van der Waals surface area contributed by atoms with Crippen LogP contribution in [0.2, 0.25) is 0 Å². The van der Waals surface area contributed by atoms with Gasteiger partial charge in [0.2, 0.25) is 0 Å². The summed E-state index contributed by atoms with van der Waals surface area (Å²) in [5, 5.41) is 3.34. The second kappa shape index (κ2) is 11.6. The third-order valence-corrected chi connectivity index (χ3v) is 5.98. The summed E-state index contributed by atoms with van der Waals surface area (Å²) in [5.74, 6) is 0.0525. The first kappa shape index (κ1) is 26.7. The minimum atomic E-state index is -0.300. The molecular weight excluding hydrogens is 483 g/mol. The molecule has 0 bridgehead atoms. The van der Waals surface area contributed by atoms with E-state index in [1.807, 2.05) is 18.2 Å². The fourth-order valence-electron chi connectivity index (χ4n) is 4.56. The second-order valence-electron chi connectivity index (χ2n) is 7.77. The van der Waals surface area contributed by atoms with Crippen molar-refractivity contribution in [2.24, 2.45) is 0 Å². The Hall–Kier alpha value is -2.51. The van der Waals surface area contributed by atoms with Gasteiger partial charge < -0.3 is 15.8 Å². The van der Waals surface area contributed by atoms with Crippen LogP contribution in [0.25, 0.3) is 11.1 Å². The molecule has 1 atom stereocenters. The Bertz CT molecular complexity index is 1050. The lowest BCUT2D eigenvalue weighted by molar-refractivity contribution is 0.0752. The van der Waals surface area contributed by atoms with Crippen molar-refractivity contribution in [1.29, 1.82) is 0 Å². The van der Waals surface area contributed by atoms with Gasteiger partial charge in [0.05, 0.1) is 11.7 Å². The van der Waals surface area contributed by atoms with Gasteiger partial charge in [-0.1, -0.05) is 48.5 Å². The lowest BCUT2D eigenvalue weighted by Gasteiger charge is -2.35. The summed E-state index contributed by atoms with van der Waals surface area (Å²) in [6.07, 6.45) is 3.07. The standard InChI is InChI=1S/C24H24N4O2.3ClH/c25-17-11-16(12-27-13-17)23-14-26-9-10-28(23)24(29)30-15-22-20-7-3-1-5-18(20)19-6-2-4-8-21(19)22;;;/h1-8,11-13,22-23,26H,9-10,14-15,25H2;3*1H. The van der Waals surface area contributed by atoms with Crippen LogP contribution in [0.15, 0.2) is 67.0 Å². The Morgan fingerprint density at radius 2 is 1.67 bits per heavy atom. The first-order valence-electron chi connectivity index (χ1n) is 10.2. The maximum atomic E-state index is 13.1. The molecule has 2 heterocycles. The maximum Gasteiger partial charge on any atom is 0.410 e. The summed E-state index contributed by atoms with van der Waals surface area (Å²) in [5.41, 5.74) is 12.3. The number of halogens is 3. The molecule has 5 rings (SSSR count). The van der Waals surface area contributed by atoms with Crippen molar-refractivity contribution in [3.05, 3.63) is 83.7 Å². The van der Waals surface area contributed by atoms with Crippen molar-refractivity contribution < 1.29 is 9.53 Å². The number of piperazine rings is 1. The molecule has 1 saturated heterocycles. The molecule has 6 nitrogen and oxygen atoms in total. The largest absolute Gasteiger partial charge is 0.448 e. The summed E-state index contributed by atoms with van der Waals surface area (Å²) < 4.78 is 5.87. The summed E-state index contributed by atoms with van der Waals surface area (Å²) in [7, 11) is 0. The number of aromatic nitrogens is 1. The summed E-state index contributed by atoms with van der Waals surface area (Å²) in [4.78, 5) is 19.0. The Morgan fingerprint density at radius 3 is 2.30 bits per heavy atom. The highest BCUT2D eigenvalue weighted by molar-refractivity contribution is 5.86. The van der Waals surface area contributed by atoms with Gasteiger partial charge in [0.1, 0.15) is 6.61 Å². The van der Waals surface area contributed by atoms with E-state index in [2.05, 4.69) is 46.7 Å². The molecule has 1 amide bonds. The van der Waals surface area contributed by atoms with Crippen LogP contribution in [-0.2, 0) is 4.74 Å². The number of benzene rings is 2. The van der Waals surface area contributed by atoms with E-state index in [1.54, 1.807) is 17.3 Å². The van der Waals surface area contributed by atoms with E-state index in [-0.39, 0.29) is 55.3 Å². The molecule has 0 spiro atoms. The molecule has 1 aliphatic heterocycles. The predicted octanol–water partition coefficient (Wildman–Crippen LogP) is 4.82. The summed E-state index contributed by atoms with van der Waals surface area (Å²) in [6, 6.07) is 18.4. The van der Waals surface area contributed by atoms with Crippen molar-refractivity contribution in [2.45, 2.75) is 12.0 Å². The zero-order valence-corrected chi connectivity index (χ0v) is 20.3. The normalized spacial score (nSPS) is 16.4. The zero-order chi connectivity index (χ0) is 20.5. The number of nitrogens with two attached hydrogens (primary N) is 1. The predicted molar refractivity (Wildman–Crippen MR) is 138 cm³/mol. The van der Waals surface area contributed by atoms with Gasteiger partial charge in [-0.15, -0.1) is 37.2 Å². The lowest BCUT2D eigenvalue weighted by Crippen LogP contribution is -2.49. The van der Waals surface area contributed by atoms with E-state index in [9.17, 15) is 4.79 Å². The number of carbonyl (C=O) groups is 1. The number of amides is 1. The number of anilines is 1. The van der Waals surface area contributed by atoms with Gasteiger partial charge in [-0.25, -0.2) is 4.79 Å². The molecule has 2 aliphatic rings. The molecule has 0 saturated carbocycles. The Morgan fingerprint density at radius 1 is 1.03 bits per heavy atom. The third-order valence-electron chi connectivity index (χ3n) is 5.98. The molecule has 1 fully saturated rings. The number of ether oxygens (including phenoxy) is 1. The van der Waals surface area contributed by atoms with Crippen LogP contribution >= 0.6 is 37.2 Å². The lowest BCUT2D eigenvalue weighted by atomic mass is 9.98. The van der Waals surface area contributed by atoms with Crippen molar-refractivity contribution in [3.8, 4) is 11.1 Å². The van der Waals surface area contributed by atoms with Gasteiger partial charge in [0, 0.05) is 37.9 Å². The minimum Gasteiger partial charge on any atom is -0.448 e. The molecule has 3 aromatic rings. The zero-order valence-electron chi connectivity index (χ0n) is 17.8. The summed E-state index contributed by atoms with van der Waals surface area (Å²) in [6.45, 7) is 2.28. The number of hydrogen-bond acceptors (Lipinski definition) is 5. The number of carbonyl (C=O) groups excluding carboxylic acids is 1. The van der Waals surface area contributed by atoms with E-state index in [0.717, 1.165) is 12.1 Å². The molecule has 176 valence electrons. The Balaban J connectivity index is 0.00000128. The highest BCUT2D eigenvalue weighted by atomic mass is 35.5. The van der Waals surface area contributed by atoms with Crippen molar-refractivity contribution >= 4 is 49.0 Å². The highest BCUT2D eigenvalue weighted by Gasteiger charge is 2.32. The maximum absolute atomic E-state index is 13.1. The van der Waals surface area contributed by atoms with E-state index in [4.69, 9.17) is 10.5 Å².